The largest absolute Gasteiger partial charge is 0.383 e. The van der Waals surface area contributed by atoms with Crippen molar-refractivity contribution in [3.63, 3.8) is 0 Å². The molecular formula is C23H21N5OS2. The fourth-order valence-corrected chi connectivity index (χ4v) is 4.89. The molecule has 0 spiro atoms. The molecule has 2 heterocycles. The Labute approximate surface area is 189 Å². The molecule has 3 aromatic rings. The number of nitriles is 2. The van der Waals surface area contributed by atoms with E-state index in [0.29, 0.717) is 17.0 Å². The van der Waals surface area contributed by atoms with Gasteiger partial charge in [-0.25, -0.2) is 4.98 Å². The molecule has 0 aliphatic rings. The molecule has 0 aliphatic carbocycles. The molecule has 3 rings (SSSR count). The number of thioether (sulfide) groups is 1. The second-order valence-corrected chi connectivity index (χ2v) is 9.09. The quantitative estimate of drug-likeness (QED) is 0.498. The first-order valence-corrected chi connectivity index (χ1v) is 11.4. The van der Waals surface area contributed by atoms with Gasteiger partial charge in [0.15, 0.2) is 0 Å². The maximum Gasteiger partial charge on any atom is 0.237 e. The van der Waals surface area contributed by atoms with Gasteiger partial charge in [0, 0.05) is 16.1 Å². The van der Waals surface area contributed by atoms with Crippen molar-refractivity contribution in [3.05, 3.63) is 58.0 Å². The summed E-state index contributed by atoms with van der Waals surface area (Å²) in [6.45, 7) is 5.81. The second kappa shape index (κ2) is 9.65. The Bertz CT molecular complexity index is 1210. The number of carbonyl (C=O) groups is 1. The number of benzene rings is 1. The van der Waals surface area contributed by atoms with Crippen LogP contribution >= 0.6 is 23.1 Å². The lowest BCUT2D eigenvalue weighted by Gasteiger charge is -2.18. The van der Waals surface area contributed by atoms with Gasteiger partial charge in [-0.3, -0.25) is 4.79 Å². The number of nitrogens with one attached hydrogen (secondary N) is 1. The van der Waals surface area contributed by atoms with E-state index < -0.39 is 5.25 Å². The minimum atomic E-state index is -0.483. The predicted molar refractivity (Wildman–Crippen MR) is 126 cm³/mol. The normalized spacial score (nSPS) is 11.4. The summed E-state index contributed by atoms with van der Waals surface area (Å²) in [5.74, 6) is -0.121. The third-order valence-electron chi connectivity index (χ3n) is 4.75. The molecule has 2 aromatic heterocycles. The molecule has 8 heteroatoms. The van der Waals surface area contributed by atoms with Crippen LogP contribution in [-0.2, 0) is 4.79 Å². The molecule has 1 aromatic carbocycles. The number of nitrogens with two attached hydrogens (primary N) is 1. The van der Waals surface area contributed by atoms with Crippen molar-refractivity contribution in [2.75, 3.05) is 11.1 Å². The van der Waals surface area contributed by atoms with E-state index in [1.54, 1.807) is 0 Å². The number of aromatic nitrogens is 1. The van der Waals surface area contributed by atoms with Crippen molar-refractivity contribution in [1.29, 1.82) is 10.5 Å². The van der Waals surface area contributed by atoms with E-state index in [2.05, 4.69) is 22.4 Å². The molecule has 0 bridgehead atoms. The molecule has 0 saturated carbocycles. The highest BCUT2D eigenvalue weighted by atomic mass is 32.2. The van der Waals surface area contributed by atoms with Crippen molar-refractivity contribution in [3.8, 4) is 22.6 Å². The second-order valence-electron chi connectivity index (χ2n) is 6.95. The maximum absolute atomic E-state index is 13.0. The molecule has 0 fully saturated rings. The smallest absolute Gasteiger partial charge is 0.237 e. The molecule has 1 amide bonds. The molecule has 0 aliphatic heterocycles. The molecule has 156 valence electrons. The predicted octanol–water partition coefficient (Wildman–Crippen LogP) is 5.26. The van der Waals surface area contributed by atoms with E-state index in [-0.39, 0.29) is 22.9 Å². The number of pyridine rings is 1. The molecule has 0 saturated heterocycles. The molecule has 6 nitrogen and oxygen atoms in total. The first-order valence-electron chi connectivity index (χ1n) is 9.61. The van der Waals surface area contributed by atoms with Gasteiger partial charge >= 0.3 is 0 Å². The topological polar surface area (TPSA) is 116 Å². The van der Waals surface area contributed by atoms with E-state index in [0.717, 1.165) is 21.7 Å². The van der Waals surface area contributed by atoms with Gasteiger partial charge in [0.25, 0.3) is 0 Å². The number of hydrogen-bond donors (Lipinski definition) is 2. The van der Waals surface area contributed by atoms with E-state index >= 15 is 0 Å². The zero-order valence-electron chi connectivity index (χ0n) is 17.4. The Hall–Kier alpha value is -3.33. The van der Waals surface area contributed by atoms with Gasteiger partial charge in [-0.15, -0.1) is 11.3 Å². The SMILES string of the molecule is CCC(Sc1nc(N)c(C#N)c(-c2cccs2)c1C#N)C(=O)Nc1cc(C)ccc1C. The van der Waals surface area contributed by atoms with Crippen LogP contribution in [-0.4, -0.2) is 16.1 Å². The van der Waals surface area contributed by atoms with E-state index in [1.807, 2.05) is 56.5 Å². The average Bonchev–Trinajstić information content (AvgIpc) is 3.28. The van der Waals surface area contributed by atoms with Crippen LogP contribution in [0.25, 0.3) is 10.4 Å². The van der Waals surface area contributed by atoms with Crippen molar-refractivity contribution in [1.82, 2.24) is 4.98 Å². The summed E-state index contributed by atoms with van der Waals surface area (Å²) in [7, 11) is 0. The summed E-state index contributed by atoms with van der Waals surface area (Å²) < 4.78 is 0. The minimum absolute atomic E-state index is 0.0530. The number of nitrogen functional groups attached to an aromatic ring is 1. The summed E-state index contributed by atoms with van der Waals surface area (Å²) in [6.07, 6.45) is 0.530. The maximum atomic E-state index is 13.0. The van der Waals surface area contributed by atoms with Gasteiger partial charge in [0.05, 0.1) is 10.8 Å². The van der Waals surface area contributed by atoms with Gasteiger partial charge in [-0.05, 0) is 48.9 Å². The van der Waals surface area contributed by atoms with Crippen LogP contribution in [0.3, 0.4) is 0 Å². The molecule has 31 heavy (non-hydrogen) atoms. The lowest BCUT2D eigenvalue weighted by Crippen LogP contribution is -2.25. The first kappa shape index (κ1) is 22.4. The Kier molecular flexibility index (Phi) is 6.96. The fourth-order valence-electron chi connectivity index (χ4n) is 3.09. The zero-order valence-corrected chi connectivity index (χ0v) is 19.0. The standard InChI is InChI=1S/C23H21N5OS2/c1-4-18(22(29)27-17-10-13(2)7-8-14(17)3)31-23-16(12-25)20(19-6-5-9-30-19)15(11-24)21(26)28-23/h5-10,18H,4H2,1-3H3,(H2,26,28)(H,27,29). The summed E-state index contributed by atoms with van der Waals surface area (Å²) in [6, 6.07) is 13.8. The van der Waals surface area contributed by atoms with Gasteiger partial charge in [-0.2, -0.15) is 10.5 Å². The van der Waals surface area contributed by atoms with Crippen molar-refractivity contribution in [2.24, 2.45) is 0 Å². The number of amides is 1. The minimum Gasteiger partial charge on any atom is -0.383 e. The highest BCUT2D eigenvalue weighted by molar-refractivity contribution is 8.00. The zero-order chi connectivity index (χ0) is 22.5. The van der Waals surface area contributed by atoms with Gasteiger partial charge in [0.1, 0.15) is 28.5 Å². The Morgan fingerprint density at radius 2 is 2.00 bits per heavy atom. The van der Waals surface area contributed by atoms with Crippen LogP contribution in [0.1, 0.15) is 35.6 Å². The first-order chi connectivity index (χ1) is 14.9. The molecule has 1 unspecified atom stereocenters. The van der Waals surface area contributed by atoms with Crippen molar-refractivity contribution in [2.45, 2.75) is 37.5 Å². The molecular weight excluding hydrogens is 426 g/mol. The van der Waals surface area contributed by atoms with E-state index in [1.165, 1.54) is 23.1 Å². The highest BCUT2D eigenvalue weighted by Gasteiger charge is 2.26. The summed E-state index contributed by atoms with van der Waals surface area (Å²) >= 11 is 2.61. The number of nitrogens with zero attached hydrogens (tertiary/aromatic N) is 3. The molecule has 3 N–H and O–H groups in total. The highest BCUT2D eigenvalue weighted by Crippen LogP contribution is 2.39. The lowest BCUT2D eigenvalue weighted by atomic mass is 10.0. The summed E-state index contributed by atoms with van der Waals surface area (Å²) in [5, 5.41) is 24.2. The van der Waals surface area contributed by atoms with Crippen LogP contribution in [0.5, 0.6) is 0 Å². The third-order valence-corrected chi connectivity index (χ3v) is 6.99. The van der Waals surface area contributed by atoms with Crippen LogP contribution in [0.15, 0.2) is 40.7 Å². The number of thiophene rings is 1. The van der Waals surface area contributed by atoms with Crippen molar-refractivity contribution < 1.29 is 4.79 Å². The molecule has 0 radical (unpaired) electrons. The van der Waals surface area contributed by atoms with Crippen LogP contribution in [0.2, 0.25) is 0 Å². The number of hydrogen-bond acceptors (Lipinski definition) is 7. The summed E-state index contributed by atoms with van der Waals surface area (Å²) in [4.78, 5) is 18.1. The average molecular weight is 448 g/mol. The van der Waals surface area contributed by atoms with E-state index in [9.17, 15) is 15.3 Å². The Morgan fingerprint density at radius 1 is 1.26 bits per heavy atom. The number of aryl methyl sites for hydroxylation is 2. The Morgan fingerprint density at radius 3 is 2.61 bits per heavy atom. The van der Waals surface area contributed by atoms with Gasteiger partial charge in [0.2, 0.25) is 5.91 Å². The number of carbonyl (C=O) groups excluding carboxylic acids is 1. The lowest BCUT2D eigenvalue weighted by molar-refractivity contribution is -0.115. The monoisotopic (exact) mass is 447 g/mol. The van der Waals surface area contributed by atoms with Crippen LogP contribution in [0, 0.1) is 36.5 Å². The van der Waals surface area contributed by atoms with Crippen LogP contribution < -0.4 is 11.1 Å². The number of rotatable bonds is 6. The number of anilines is 2. The summed E-state index contributed by atoms with van der Waals surface area (Å²) in [5.41, 5.74) is 9.75. The Balaban J connectivity index is 1.99. The fraction of sp³-hybridized carbons (Fsp3) is 0.217. The van der Waals surface area contributed by atoms with E-state index in [4.69, 9.17) is 5.73 Å². The van der Waals surface area contributed by atoms with Crippen molar-refractivity contribution >= 4 is 40.5 Å². The van der Waals surface area contributed by atoms with Gasteiger partial charge < -0.3 is 11.1 Å². The molecule has 1 atom stereocenters. The van der Waals surface area contributed by atoms with Gasteiger partial charge in [-0.1, -0.05) is 36.9 Å². The third kappa shape index (κ3) is 4.72. The van der Waals surface area contributed by atoms with Crippen LogP contribution in [0.4, 0.5) is 11.5 Å².